The van der Waals surface area contributed by atoms with Crippen molar-refractivity contribution < 1.29 is 9.63 Å². The van der Waals surface area contributed by atoms with Crippen LogP contribution in [0.4, 0.5) is 0 Å². The molecule has 1 aromatic heterocycles. The third-order valence-corrected chi connectivity index (χ3v) is 4.37. The van der Waals surface area contributed by atoms with Crippen LogP contribution in [0.25, 0.3) is 0 Å². The van der Waals surface area contributed by atoms with Crippen molar-refractivity contribution in [2.75, 3.05) is 0 Å². The number of hydrogen-bond acceptors (Lipinski definition) is 5. The van der Waals surface area contributed by atoms with E-state index in [-0.39, 0.29) is 5.25 Å². The lowest BCUT2D eigenvalue weighted by molar-refractivity contribution is 0.159. The molecule has 94 valence electrons. The lowest BCUT2D eigenvalue weighted by Gasteiger charge is -2.01. The van der Waals surface area contributed by atoms with Gasteiger partial charge in [-0.25, -0.2) is 0 Å². The average Bonchev–Trinajstić information content (AvgIpc) is 3.03. The van der Waals surface area contributed by atoms with Crippen LogP contribution in [0.2, 0.25) is 0 Å². The van der Waals surface area contributed by atoms with Crippen LogP contribution in [0, 0.1) is 0 Å². The zero-order chi connectivity index (χ0) is 12.5. The van der Waals surface area contributed by atoms with Gasteiger partial charge in [0, 0.05) is 4.90 Å². The van der Waals surface area contributed by atoms with E-state index < -0.39 is 6.10 Å². The number of benzene rings is 1. The Labute approximate surface area is 109 Å². The van der Waals surface area contributed by atoms with Crippen LogP contribution in [0.5, 0.6) is 0 Å². The van der Waals surface area contributed by atoms with Crippen LogP contribution in [0.1, 0.15) is 42.0 Å². The van der Waals surface area contributed by atoms with Gasteiger partial charge >= 0.3 is 0 Å². The van der Waals surface area contributed by atoms with Gasteiger partial charge in [-0.1, -0.05) is 30.3 Å². The number of hydrogen-bond donors (Lipinski definition) is 1. The number of nitrogens with zero attached hydrogens (tertiary/aromatic N) is 2. The molecule has 2 atom stereocenters. The van der Waals surface area contributed by atoms with Crippen molar-refractivity contribution in [3.8, 4) is 0 Å². The molecule has 0 radical (unpaired) electrons. The molecule has 1 aliphatic rings. The van der Waals surface area contributed by atoms with Crippen LogP contribution in [0.15, 0.2) is 33.7 Å². The summed E-state index contributed by atoms with van der Waals surface area (Å²) in [7, 11) is 0. The molecule has 0 saturated carbocycles. The SMILES string of the molecule is CCC(O)c1noc(C2Cc3ccccc3S2)n1. The molecule has 0 aliphatic carbocycles. The van der Waals surface area contributed by atoms with E-state index in [9.17, 15) is 5.11 Å². The highest BCUT2D eigenvalue weighted by atomic mass is 32.2. The monoisotopic (exact) mass is 262 g/mol. The van der Waals surface area contributed by atoms with Gasteiger partial charge < -0.3 is 9.63 Å². The fourth-order valence-electron chi connectivity index (χ4n) is 2.02. The Bertz CT molecular complexity index is 530. The topological polar surface area (TPSA) is 59.2 Å². The molecule has 1 aromatic carbocycles. The van der Waals surface area contributed by atoms with Crippen molar-refractivity contribution >= 4 is 11.8 Å². The lowest BCUT2D eigenvalue weighted by atomic mass is 10.1. The molecular weight excluding hydrogens is 248 g/mol. The zero-order valence-electron chi connectivity index (χ0n) is 10.0. The minimum Gasteiger partial charge on any atom is -0.385 e. The maximum atomic E-state index is 9.67. The fraction of sp³-hybridized carbons (Fsp3) is 0.385. The van der Waals surface area contributed by atoms with Crippen molar-refractivity contribution in [2.45, 2.75) is 36.0 Å². The first kappa shape index (κ1) is 11.7. The number of aliphatic hydroxyl groups is 1. The third kappa shape index (κ3) is 2.04. The molecular formula is C13H14N2O2S. The molecule has 2 unspecified atom stereocenters. The molecule has 1 N–H and O–H groups in total. The van der Waals surface area contributed by atoms with E-state index in [1.807, 2.05) is 19.1 Å². The van der Waals surface area contributed by atoms with Gasteiger partial charge in [-0.05, 0) is 24.5 Å². The second kappa shape index (κ2) is 4.74. The van der Waals surface area contributed by atoms with Crippen molar-refractivity contribution in [2.24, 2.45) is 0 Å². The van der Waals surface area contributed by atoms with Crippen molar-refractivity contribution in [3.05, 3.63) is 41.5 Å². The van der Waals surface area contributed by atoms with Gasteiger partial charge in [-0.3, -0.25) is 0 Å². The molecule has 18 heavy (non-hydrogen) atoms. The largest absolute Gasteiger partial charge is 0.385 e. The van der Waals surface area contributed by atoms with E-state index in [0.717, 1.165) is 6.42 Å². The first-order valence-electron chi connectivity index (χ1n) is 6.04. The van der Waals surface area contributed by atoms with Gasteiger partial charge in [0.2, 0.25) is 5.89 Å². The van der Waals surface area contributed by atoms with Crippen molar-refractivity contribution in [1.82, 2.24) is 10.1 Å². The average molecular weight is 262 g/mol. The van der Waals surface area contributed by atoms with E-state index in [1.165, 1.54) is 10.5 Å². The summed E-state index contributed by atoms with van der Waals surface area (Å²) in [5.74, 6) is 1.00. The molecule has 1 aliphatic heterocycles. The Hall–Kier alpha value is -1.33. The predicted molar refractivity (Wildman–Crippen MR) is 68.3 cm³/mol. The van der Waals surface area contributed by atoms with Gasteiger partial charge in [0.1, 0.15) is 6.10 Å². The van der Waals surface area contributed by atoms with Gasteiger partial charge in [0.25, 0.3) is 0 Å². The summed E-state index contributed by atoms with van der Waals surface area (Å²) in [6.45, 7) is 1.89. The van der Waals surface area contributed by atoms with Crippen LogP contribution in [-0.2, 0) is 6.42 Å². The highest BCUT2D eigenvalue weighted by molar-refractivity contribution is 7.99. The molecule has 3 rings (SSSR count). The molecule has 4 nitrogen and oxygen atoms in total. The highest BCUT2D eigenvalue weighted by Crippen LogP contribution is 2.45. The molecule has 2 heterocycles. The number of aromatic nitrogens is 2. The molecule has 5 heteroatoms. The van der Waals surface area contributed by atoms with E-state index in [1.54, 1.807) is 11.8 Å². The molecule has 0 saturated heterocycles. The van der Waals surface area contributed by atoms with E-state index in [2.05, 4.69) is 22.3 Å². The Morgan fingerprint density at radius 3 is 3.11 bits per heavy atom. The number of thioether (sulfide) groups is 1. The molecule has 0 spiro atoms. The summed E-state index contributed by atoms with van der Waals surface area (Å²) >= 11 is 1.74. The number of rotatable bonds is 3. The van der Waals surface area contributed by atoms with Gasteiger partial charge in [-0.15, -0.1) is 11.8 Å². The highest BCUT2D eigenvalue weighted by Gasteiger charge is 2.28. The summed E-state index contributed by atoms with van der Waals surface area (Å²) < 4.78 is 5.26. The van der Waals surface area contributed by atoms with Crippen molar-refractivity contribution in [3.63, 3.8) is 0 Å². The first-order chi connectivity index (χ1) is 8.78. The molecule has 0 bridgehead atoms. The quantitative estimate of drug-likeness (QED) is 0.921. The molecule has 0 fully saturated rings. The van der Waals surface area contributed by atoms with Crippen LogP contribution in [0.3, 0.4) is 0 Å². The van der Waals surface area contributed by atoms with Crippen LogP contribution >= 0.6 is 11.8 Å². The zero-order valence-corrected chi connectivity index (χ0v) is 10.9. The molecule has 2 aromatic rings. The second-order valence-electron chi connectivity index (χ2n) is 4.33. The standard InChI is InChI=1S/C13H14N2O2S/c1-2-9(16)12-14-13(17-15-12)11-7-8-5-3-4-6-10(8)18-11/h3-6,9,11,16H,2,7H2,1H3. The van der Waals surface area contributed by atoms with Gasteiger partial charge in [0.05, 0.1) is 5.25 Å². The van der Waals surface area contributed by atoms with E-state index >= 15 is 0 Å². The second-order valence-corrected chi connectivity index (χ2v) is 5.58. The smallest absolute Gasteiger partial charge is 0.240 e. The summed E-state index contributed by atoms with van der Waals surface area (Å²) in [4.78, 5) is 5.57. The van der Waals surface area contributed by atoms with Crippen molar-refractivity contribution in [1.29, 1.82) is 0 Å². The van der Waals surface area contributed by atoms with Gasteiger partial charge in [-0.2, -0.15) is 4.98 Å². The minimum atomic E-state index is -0.628. The predicted octanol–water partition coefficient (Wildman–Crippen LogP) is 2.90. The maximum absolute atomic E-state index is 9.67. The van der Waals surface area contributed by atoms with Crippen LogP contribution in [-0.4, -0.2) is 15.2 Å². The maximum Gasteiger partial charge on any atom is 0.240 e. The third-order valence-electron chi connectivity index (χ3n) is 3.06. The molecule has 0 amide bonds. The summed E-state index contributed by atoms with van der Waals surface area (Å²) in [5, 5.41) is 13.7. The minimum absolute atomic E-state index is 0.174. The summed E-state index contributed by atoms with van der Waals surface area (Å²) in [6, 6.07) is 8.31. The number of fused-ring (bicyclic) bond motifs is 1. The van der Waals surface area contributed by atoms with E-state index in [4.69, 9.17) is 4.52 Å². The van der Waals surface area contributed by atoms with E-state index in [0.29, 0.717) is 18.1 Å². The normalized spacial score (nSPS) is 19.8. The summed E-state index contributed by atoms with van der Waals surface area (Å²) in [6.07, 6.45) is 0.873. The first-order valence-corrected chi connectivity index (χ1v) is 6.92. The lowest BCUT2D eigenvalue weighted by Crippen LogP contribution is -1.99. The Morgan fingerprint density at radius 1 is 1.50 bits per heavy atom. The summed E-state index contributed by atoms with van der Waals surface area (Å²) in [5.41, 5.74) is 1.32. The van der Waals surface area contributed by atoms with Gasteiger partial charge in [0.15, 0.2) is 5.82 Å². The Kier molecular flexibility index (Phi) is 3.09. The Balaban J connectivity index is 1.80. The van der Waals surface area contributed by atoms with Crippen LogP contribution < -0.4 is 0 Å². The Morgan fingerprint density at radius 2 is 2.33 bits per heavy atom. The number of aliphatic hydroxyl groups excluding tert-OH is 1. The fourth-order valence-corrected chi connectivity index (χ4v) is 3.24.